The van der Waals surface area contributed by atoms with Gasteiger partial charge in [-0.3, -0.25) is 4.99 Å². The predicted octanol–water partition coefficient (Wildman–Crippen LogP) is 1.58. The summed E-state index contributed by atoms with van der Waals surface area (Å²) in [4.78, 5) is 4.39. The first-order valence-electron chi connectivity index (χ1n) is 8.26. The highest BCUT2D eigenvalue weighted by Gasteiger charge is 2.27. The fraction of sp³-hybridized carbons (Fsp3) is 0.562. The maximum absolute atomic E-state index is 13.6. The Hall–Kier alpha value is -0.940. The molecule has 1 fully saturated rings. The molecular formula is C16H26FIN4O2S. The lowest BCUT2D eigenvalue weighted by molar-refractivity contribution is 0.452. The largest absolute Gasteiger partial charge is 0.357 e. The van der Waals surface area contributed by atoms with E-state index in [0.717, 1.165) is 0 Å². The van der Waals surface area contributed by atoms with Crippen LogP contribution in [0.25, 0.3) is 0 Å². The van der Waals surface area contributed by atoms with Crippen molar-refractivity contribution in [3.05, 3.63) is 35.6 Å². The molecule has 1 aromatic carbocycles. The van der Waals surface area contributed by atoms with Crippen LogP contribution in [0.3, 0.4) is 0 Å². The van der Waals surface area contributed by atoms with E-state index < -0.39 is 10.0 Å². The van der Waals surface area contributed by atoms with Crippen LogP contribution in [0.15, 0.2) is 29.3 Å². The van der Waals surface area contributed by atoms with Gasteiger partial charge in [0.15, 0.2) is 5.96 Å². The van der Waals surface area contributed by atoms with Crippen molar-refractivity contribution >= 4 is 40.0 Å². The van der Waals surface area contributed by atoms with Gasteiger partial charge in [0.1, 0.15) is 5.82 Å². The van der Waals surface area contributed by atoms with Crippen molar-refractivity contribution in [2.24, 2.45) is 4.99 Å². The van der Waals surface area contributed by atoms with Gasteiger partial charge in [0.25, 0.3) is 0 Å². The van der Waals surface area contributed by atoms with Gasteiger partial charge in [-0.2, -0.15) is 0 Å². The molecule has 0 unspecified atom stereocenters. The molecule has 1 aliphatic rings. The third-order valence-corrected chi connectivity index (χ3v) is 5.77. The van der Waals surface area contributed by atoms with Crippen LogP contribution in [0.1, 0.15) is 18.9 Å². The molecule has 0 amide bonds. The van der Waals surface area contributed by atoms with Crippen LogP contribution in [0.2, 0.25) is 0 Å². The number of guanidine groups is 1. The highest BCUT2D eigenvalue weighted by atomic mass is 127. The summed E-state index contributed by atoms with van der Waals surface area (Å²) in [6.45, 7) is 4.58. The average molecular weight is 484 g/mol. The van der Waals surface area contributed by atoms with Gasteiger partial charge in [0, 0.05) is 26.2 Å². The molecule has 0 aromatic heterocycles. The minimum Gasteiger partial charge on any atom is -0.357 e. The quantitative estimate of drug-likeness (QED) is 0.350. The summed E-state index contributed by atoms with van der Waals surface area (Å²) < 4.78 is 38.5. The zero-order valence-corrected chi connectivity index (χ0v) is 17.5. The molecule has 0 atom stereocenters. The number of hydrogen-bond donors (Lipinski definition) is 2. The van der Waals surface area contributed by atoms with E-state index in [-0.39, 0.29) is 35.5 Å². The molecule has 142 valence electrons. The van der Waals surface area contributed by atoms with E-state index in [1.54, 1.807) is 12.1 Å². The van der Waals surface area contributed by atoms with Crippen LogP contribution >= 0.6 is 24.0 Å². The molecule has 2 rings (SSSR count). The highest BCUT2D eigenvalue weighted by molar-refractivity contribution is 14.0. The second-order valence-electron chi connectivity index (χ2n) is 5.60. The minimum atomic E-state index is -3.07. The van der Waals surface area contributed by atoms with Crippen molar-refractivity contribution < 1.29 is 12.8 Å². The Kier molecular flexibility index (Phi) is 9.65. The number of sulfonamides is 1. The Morgan fingerprint density at radius 1 is 1.32 bits per heavy atom. The predicted molar refractivity (Wildman–Crippen MR) is 109 cm³/mol. The van der Waals surface area contributed by atoms with Gasteiger partial charge in [-0.15, -0.1) is 24.0 Å². The van der Waals surface area contributed by atoms with E-state index in [4.69, 9.17) is 0 Å². The molecule has 1 heterocycles. The molecule has 6 nitrogen and oxygen atoms in total. The van der Waals surface area contributed by atoms with E-state index in [0.29, 0.717) is 57.1 Å². The zero-order valence-electron chi connectivity index (χ0n) is 14.4. The van der Waals surface area contributed by atoms with E-state index in [2.05, 4.69) is 15.6 Å². The van der Waals surface area contributed by atoms with Crippen molar-refractivity contribution in [1.29, 1.82) is 0 Å². The molecule has 1 saturated heterocycles. The lowest BCUT2D eigenvalue weighted by atomic mass is 10.1. The molecule has 0 spiro atoms. The Balaban J connectivity index is 0.00000312. The van der Waals surface area contributed by atoms with Crippen LogP contribution in [-0.4, -0.2) is 57.2 Å². The molecule has 2 N–H and O–H groups in total. The molecule has 1 aromatic rings. The topological polar surface area (TPSA) is 73.8 Å². The van der Waals surface area contributed by atoms with Crippen LogP contribution in [0.5, 0.6) is 0 Å². The first-order chi connectivity index (χ1) is 11.5. The van der Waals surface area contributed by atoms with Gasteiger partial charge < -0.3 is 10.6 Å². The number of aliphatic imine (C=N–C) groups is 1. The fourth-order valence-electron chi connectivity index (χ4n) is 2.57. The monoisotopic (exact) mass is 484 g/mol. The van der Waals surface area contributed by atoms with Crippen LogP contribution < -0.4 is 10.6 Å². The molecule has 25 heavy (non-hydrogen) atoms. The summed E-state index contributed by atoms with van der Waals surface area (Å²) in [5, 5.41) is 6.25. The van der Waals surface area contributed by atoms with Crippen molar-refractivity contribution in [3.8, 4) is 0 Å². The van der Waals surface area contributed by atoms with Gasteiger partial charge in [-0.1, -0.05) is 18.2 Å². The van der Waals surface area contributed by atoms with Gasteiger partial charge in [0.05, 0.1) is 12.3 Å². The normalized spacial score (nSPS) is 17.1. The summed E-state index contributed by atoms with van der Waals surface area (Å²) in [5.41, 5.74) is 0.656. The molecule has 1 aliphatic heterocycles. The molecule has 0 radical (unpaired) electrons. The standard InChI is InChI=1S/C16H25FN4O2S.HI/c1-2-18-16(19-9-8-14-6-3-4-7-15(14)17)20-10-12-21-11-5-13-24(21,22)23;/h3-4,6-7H,2,5,8-13H2,1H3,(H2,18,19,20);1H. The van der Waals surface area contributed by atoms with Crippen molar-refractivity contribution in [2.45, 2.75) is 19.8 Å². The lowest BCUT2D eigenvalue weighted by Gasteiger charge is -2.14. The first-order valence-corrected chi connectivity index (χ1v) is 9.87. The third-order valence-electron chi connectivity index (χ3n) is 3.81. The molecular weight excluding hydrogens is 458 g/mol. The van der Waals surface area contributed by atoms with E-state index in [9.17, 15) is 12.8 Å². The summed E-state index contributed by atoms with van der Waals surface area (Å²) >= 11 is 0. The summed E-state index contributed by atoms with van der Waals surface area (Å²) in [5.74, 6) is 0.642. The first kappa shape index (κ1) is 22.1. The average Bonchev–Trinajstić information content (AvgIpc) is 2.88. The summed E-state index contributed by atoms with van der Waals surface area (Å²) in [7, 11) is -3.07. The Bertz CT molecular complexity index is 670. The Morgan fingerprint density at radius 2 is 2.08 bits per heavy atom. The lowest BCUT2D eigenvalue weighted by Crippen LogP contribution is -2.39. The second kappa shape index (κ2) is 10.9. The van der Waals surface area contributed by atoms with Crippen molar-refractivity contribution in [2.75, 3.05) is 38.5 Å². The van der Waals surface area contributed by atoms with E-state index in [1.807, 2.05) is 13.0 Å². The van der Waals surface area contributed by atoms with Gasteiger partial charge >= 0.3 is 0 Å². The van der Waals surface area contributed by atoms with Gasteiger partial charge in [-0.25, -0.2) is 17.1 Å². The molecule has 9 heteroatoms. The van der Waals surface area contributed by atoms with E-state index >= 15 is 0 Å². The number of nitrogens with one attached hydrogen (secondary N) is 2. The number of nitrogens with zero attached hydrogens (tertiary/aromatic N) is 2. The summed E-state index contributed by atoms with van der Waals surface area (Å²) in [6.07, 6.45) is 1.24. The zero-order chi connectivity index (χ0) is 17.4. The number of rotatable bonds is 7. The third kappa shape index (κ3) is 7.06. The highest BCUT2D eigenvalue weighted by Crippen LogP contribution is 2.12. The minimum absolute atomic E-state index is 0. The molecule has 0 saturated carbocycles. The Morgan fingerprint density at radius 3 is 2.72 bits per heavy atom. The molecule has 0 aliphatic carbocycles. The smallest absolute Gasteiger partial charge is 0.214 e. The second-order valence-corrected chi connectivity index (χ2v) is 7.69. The number of benzene rings is 1. The molecule has 0 bridgehead atoms. The van der Waals surface area contributed by atoms with Crippen molar-refractivity contribution in [3.63, 3.8) is 0 Å². The van der Waals surface area contributed by atoms with Gasteiger partial charge in [-0.05, 0) is 31.4 Å². The number of hydrogen-bond acceptors (Lipinski definition) is 3. The van der Waals surface area contributed by atoms with Crippen molar-refractivity contribution in [1.82, 2.24) is 14.9 Å². The summed E-state index contributed by atoms with van der Waals surface area (Å²) in [6, 6.07) is 6.70. The fourth-order valence-corrected chi connectivity index (χ4v) is 4.09. The SMILES string of the molecule is CCNC(=NCCN1CCCS1(=O)=O)NCCc1ccccc1F.I. The number of halogens is 2. The van der Waals surface area contributed by atoms with Crippen LogP contribution in [-0.2, 0) is 16.4 Å². The van der Waals surface area contributed by atoms with Gasteiger partial charge in [0.2, 0.25) is 10.0 Å². The van der Waals surface area contributed by atoms with Crippen LogP contribution in [0, 0.1) is 5.82 Å². The van der Waals surface area contributed by atoms with E-state index in [1.165, 1.54) is 10.4 Å². The maximum atomic E-state index is 13.6. The maximum Gasteiger partial charge on any atom is 0.214 e. The Labute approximate surface area is 166 Å². The van der Waals surface area contributed by atoms with Crippen LogP contribution in [0.4, 0.5) is 4.39 Å².